The smallest absolute Gasteiger partial charge is 0.246 e. The zero-order chi connectivity index (χ0) is 25.8. The number of hydrogen-bond acceptors (Lipinski definition) is 5. The van der Waals surface area contributed by atoms with Gasteiger partial charge in [0.2, 0.25) is 5.91 Å². The van der Waals surface area contributed by atoms with Gasteiger partial charge in [-0.1, -0.05) is 30.3 Å². The molecule has 36 heavy (non-hydrogen) atoms. The van der Waals surface area contributed by atoms with Crippen molar-refractivity contribution in [2.24, 2.45) is 0 Å². The van der Waals surface area contributed by atoms with Gasteiger partial charge in [-0.3, -0.25) is 9.69 Å². The molecule has 6 nitrogen and oxygen atoms in total. The molecule has 0 radical (unpaired) electrons. The van der Waals surface area contributed by atoms with Crippen molar-refractivity contribution in [2.45, 2.75) is 42.7 Å². The Morgan fingerprint density at radius 1 is 1.17 bits per heavy atom. The second kappa shape index (κ2) is 10.9. The lowest BCUT2D eigenvalue weighted by Gasteiger charge is -2.59. The first kappa shape index (κ1) is 26.0. The number of hydrogen-bond donors (Lipinski definition) is 1. The predicted octanol–water partition coefficient (Wildman–Crippen LogP) is 4.29. The number of nitrogens with zero attached hydrogens (tertiary/aromatic N) is 2. The van der Waals surface area contributed by atoms with Crippen LogP contribution < -0.4 is 9.47 Å². The molecule has 192 valence electrons. The average Bonchev–Trinajstić information content (AvgIpc) is 2.91. The lowest BCUT2D eigenvalue weighted by atomic mass is 9.55. The van der Waals surface area contributed by atoms with E-state index in [1.54, 1.807) is 20.3 Å². The van der Waals surface area contributed by atoms with Crippen molar-refractivity contribution >= 4 is 12.0 Å². The fourth-order valence-electron chi connectivity index (χ4n) is 6.03. The third kappa shape index (κ3) is 5.06. The number of β-amino-alcohol motifs (C(OH)–C–C–N with tert-alkyl or cyclic N) is 1. The highest BCUT2D eigenvalue weighted by molar-refractivity contribution is 5.91. The molecule has 1 aliphatic carbocycles. The Kier molecular flexibility index (Phi) is 7.86. The number of benzene rings is 2. The first-order chi connectivity index (χ1) is 17.3. The van der Waals surface area contributed by atoms with Crippen LogP contribution in [-0.4, -0.2) is 73.4 Å². The van der Waals surface area contributed by atoms with Gasteiger partial charge in [-0.2, -0.15) is 0 Å². The highest BCUT2D eigenvalue weighted by Gasteiger charge is 2.58. The van der Waals surface area contributed by atoms with Crippen LogP contribution in [0, 0.1) is 0 Å². The maximum Gasteiger partial charge on any atom is 0.246 e. The number of aliphatic hydroxyl groups is 1. The minimum absolute atomic E-state index is 0.0184. The van der Waals surface area contributed by atoms with E-state index in [4.69, 9.17) is 9.47 Å². The van der Waals surface area contributed by atoms with Gasteiger partial charge in [0, 0.05) is 37.7 Å². The van der Waals surface area contributed by atoms with Crippen molar-refractivity contribution < 1.29 is 19.4 Å². The van der Waals surface area contributed by atoms with Crippen LogP contribution in [0.15, 0.2) is 67.3 Å². The maximum absolute atomic E-state index is 13.2. The number of amides is 1. The average molecular weight is 491 g/mol. The van der Waals surface area contributed by atoms with E-state index in [2.05, 4.69) is 23.6 Å². The minimum Gasteiger partial charge on any atom is -0.497 e. The molecule has 6 heteroatoms. The molecule has 3 unspecified atom stereocenters. The highest BCUT2D eigenvalue weighted by Crippen LogP contribution is 2.52. The topological polar surface area (TPSA) is 62.2 Å². The minimum atomic E-state index is -0.891. The molecule has 0 bridgehead atoms. The van der Waals surface area contributed by atoms with Crippen molar-refractivity contribution in [1.82, 2.24) is 9.80 Å². The fraction of sp³-hybridized carbons (Fsp3) is 0.433. The predicted molar refractivity (Wildman–Crippen MR) is 143 cm³/mol. The molecular weight excluding hydrogens is 452 g/mol. The van der Waals surface area contributed by atoms with Gasteiger partial charge in [-0.25, -0.2) is 0 Å². The monoisotopic (exact) mass is 490 g/mol. The van der Waals surface area contributed by atoms with E-state index >= 15 is 0 Å². The number of likely N-dealkylation sites (N-methyl/N-ethyl adjacent to an activating group) is 1. The second-order valence-electron chi connectivity index (χ2n) is 10.1. The van der Waals surface area contributed by atoms with E-state index in [0.29, 0.717) is 19.4 Å². The molecule has 2 aromatic carbocycles. The number of likely N-dealkylation sites (tertiary alicyclic amines) is 1. The van der Waals surface area contributed by atoms with Crippen LogP contribution in [-0.2, 0) is 10.2 Å². The van der Waals surface area contributed by atoms with Crippen molar-refractivity contribution in [3.8, 4) is 11.5 Å². The molecular formula is C30H38N2O4. The summed E-state index contributed by atoms with van der Waals surface area (Å²) in [4.78, 5) is 17.3. The van der Waals surface area contributed by atoms with E-state index in [1.165, 1.54) is 0 Å². The molecule has 1 saturated heterocycles. The lowest BCUT2D eigenvalue weighted by Crippen LogP contribution is -2.67. The summed E-state index contributed by atoms with van der Waals surface area (Å²) in [6.45, 7) is 6.10. The molecule has 3 atom stereocenters. The Bertz CT molecular complexity index is 1120. The Hall–Kier alpha value is -3.09. The molecule has 2 aromatic rings. The molecule has 0 aromatic heterocycles. The largest absolute Gasteiger partial charge is 0.497 e. The summed E-state index contributed by atoms with van der Waals surface area (Å²) < 4.78 is 10.8. The zero-order valence-electron chi connectivity index (χ0n) is 21.7. The molecule has 1 amide bonds. The summed E-state index contributed by atoms with van der Waals surface area (Å²) >= 11 is 0. The third-order valence-electron chi connectivity index (χ3n) is 8.12. The van der Waals surface area contributed by atoms with Crippen molar-refractivity contribution in [2.75, 3.05) is 40.9 Å². The van der Waals surface area contributed by atoms with Crippen LogP contribution in [0.4, 0.5) is 0 Å². The van der Waals surface area contributed by atoms with Crippen LogP contribution in [0.25, 0.3) is 6.08 Å². The maximum atomic E-state index is 13.2. The van der Waals surface area contributed by atoms with Crippen LogP contribution in [0.1, 0.15) is 36.8 Å². The molecule has 1 N–H and O–H groups in total. The molecule has 0 spiro atoms. The number of carbonyl (C=O) groups is 1. The van der Waals surface area contributed by atoms with Crippen molar-refractivity contribution in [1.29, 1.82) is 0 Å². The van der Waals surface area contributed by atoms with Gasteiger partial charge in [0.25, 0.3) is 0 Å². The van der Waals surface area contributed by atoms with Gasteiger partial charge in [0.05, 0.1) is 19.8 Å². The second-order valence-corrected chi connectivity index (χ2v) is 10.1. The third-order valence-corrected chi connectivity index (χ3v) is 8.12. The summed E-state index contributed by atoms with van der Waals surface area (Å²) in [7, 11) is 5.17. The van der Waals surface area contributed by atoms with E-state index in [0.717, 1.165) is 48.6 Å². The van der Waals surface area contributed by atoms with Crippen LogP contribution in [0.2, 0.25) is 0 Å². The number of ether oxygens (including phenoxy) is 2. The zero-order valence-corrected chi connectivity index (χ0v) is 21.7. The first-order valence-corrected chi connectivity index (χ1v) is 12.6. The SMILES string of the molecule is C=CCN1CCC2(c3cccc(OC)c3)CC(N(C)C(=O)/C=C/c3cccc(OC)c3)CCC2(O)C1. The summed E-state index contributed by atoms with van der Waals surface area (Å²) in [5.74, 6) is 1.50. The molecule has 2 aliphatic rings. The Balaban J connectivity index is 1.60. The normalized spacial score (nSPS) is 26.3. The van der Waals surface area contributed by atoms with Crippen molar-refractivity contribution in [3.05, 3.63) is 78.4 Å². The number of carbonyl (C=O) groups excluding carboxylic acids is 1. The summed E-state index contributed by atoms with van der Waals surface area (Å²) in [5.41, 5.74) is 0.640. The van der Waals surface area contributed by atoms with Gasteiger partial charge in [-0.15, -0.1) is 6.58 Å². The molecule has 2 fully saturated rings. The number of rotatable bonds is 8. The quantitative estimate of drug-likeness (QED) is 0.442. The standard InChI is InChI=1S/C30H38N2O4/c1-5-17-32-18-16-29(24-9-7-11-27(20-24)36-4)21-25(14-15-30(29,34)22-32)31(2)28(33)13-12-23-8-6-10-26(19-23)35-3/h5-13,19-20,25,34H,1,14-18,21-22H2,2-4H3/b13-12+. The Labute approximate surface area is 214 Å². The molecule has 1 heterocycles. The van der Waals surface area contributed by atoms with E-state index < -0.39 is 11.0 Å². The van der Waals surface area contributed by atoms with Gasteiger partial charge < -0.3 is 19.5 Å². The first-order valence-electron chi connectivity index (χ1n) is 12.6. The summed E-state index contributed by atoms with van der Waals surface area (Å²) in [6, 6.07) is 15.7. The van der Waals surface area contributed by atoms with E-state index in [9.17, 15) is 9.90 Å². The van der Waals surface area contributed by atoms with Crippen LogP contribution in [0.5, 0.6) is 11.5 Å². The van der Waals surface area contributed by atoms with E-state index in [-0.39, 0.29) is 11.9 Å². The van der Waals surface area contributed by atoms with Crippen LogP contribution >= 0.6 is 0 Å². The van der Waals surface area contributed by atoms with Crippen molar-refractivity contribution in [3.63, 3.8) is 0 Å². The fourth-order valence-corrected chi connectivity index (χ4v) is 6.03. The van der Waals surface area contributed by atoms with Crippen LogP contribution in [0.3, 0.4) is 0 Å². The van der Waals surface area contributed by atoms with Gasteiger partial charge in [-0.05, 0) is 73.7 Å². The molecule has 1 saturated carbocycles. The Morgan fingerprint density at radius 3 is 2.61 bits per heavy atom. The number of methoxy groups -OCH3 is 2. The number of piperidine rings is 1. The van der Waals surface area contributed by atoms with Gasteiger partial charge >= 0.3 is 0 Å². The summed E-state index contributed by atoms with van der Waals surface area (Å²) in [5, 5.41) is 12.1. The van der Waals surface area contributed by atoms with Gasteiger partial charge in [0.1, 0.15) is 11.5 Å². The number of fused-ring (bicyclic) bond motifs is 1. The highest BCUT2D eigenvalue weighted by atomic mass is 16.5. The van der Waals surface area contributed by atoms with Gasteiger partial charge in [0.15, 0.2) is 0 Å². The summed E-state index contributed by atoms with van der Waals surface area (Å²) in [6.07, 6.45) is 8.23. The Morgan fingerprint density at radius 2 is 1.89 bits per heavy atom. The van der Waals surface area contributed by atoms with E-state index in [1.807, 2.05) is 60.5 Å². The molecule has 4 rings (SSSR count). The molecule has 1 aliphatic heterocycles. The lowest BCUT2D eigenvalue weighted by molar-refractivity contribution is -0.143.